The Balaban J connectivity index is 1.92. The van der Waals surface area contributed by atoms with Crippen molar-refractivity contribution < 1.29 is 0 Å². The van der Waals surface area contributed by atoms with Crippen LogP contribution in [0.5, 0.6) is 0 Å². The normalized spacial score (nSPS) is 12.6. The van der Waals surface area contributed by atoms with Crippen molar-refractivity contribution in [1.29, 1.82) is 0 Å². The van der Waals surface area contributed by atoms with Gasteiger partial charge in [0.2, 0.25) is 0 Å². The summed E-state index contributed by atoms with van der Waals surface area (Å²) in [4.78, 5) is 1.62. The van der Waals surface area contributed by atoms with Crippen LogP contribution in [0.3, 0.4) is 0 Å². The van der Waals surface area contributed by atoms with E-state index >= 15 is 0 Å². The molecule has 1 aromatic carbocycles. The van der Waals surface area contributed by atoms with Gasteiger partial charge in [0.1, 0.15) is 0 Å². The maximum Gasteiger partial charge on any atom is 0.0858 e. The van der Waals surface area contributed by atoms with Gasteiger partial charge in [0.05, 0.1) is 18.1 Å². The fourth-order valence-electron chi connectivity index (χ4n) is 1.98. The first kappa shape index (κ1) is 13.6. The van der Waals surface area contributed by atoms with Crippen molar-refractivity contribution in [2.75, 3.05) is 5.32 Å². The number of nitrogens with one attached hydrogen (secondary N) is 1. The predicted molar refractivity (Wildman–Crippen MR) is 78.5 cm³/mol. The highest BCUT2D eigenvalue weighted by molar-refractivity contribution is 5.48. The van der Waals surface area contributed by atoms with E-state index < -0.39 is 0 Å². The lowest BCUT2D eigenvalue weighted by Crippen LogP contribution is -2.15. The third-order valence-corrected chi connectivity index (χ3v) is 3.11. The van der Waals surface area contributed by atoms with Crippen molar-refractivity contribution in [3.8, 4) is 5.69 Å². The van der Waals surface area contributed by atoms with Crippen LogP contribution in [-0.2, 0) is 0 Å². The zero-order valence-corrected chi connectivity index (χ0v) is 11.9. The van der Waals surface area contributed by atoms with Crippen LogP contribution in [0.15, 0.2) is 36.7 Å². The molecule has 0 amide bonds. The average molecular weight is 258 g/mol. The second kappa shape index (κ2) is 6.36. The standard InChI is InChI=1S/C15H22N4/c1-12(2)4-5-13(3)18-14-6-8-15(9-7-14)19-16-10-11-17-19/h6-13,18H,4-5H2,1-3H3. The lowest BCUT2D eigenvalue weighted by atomic mass is 10.0. The zero-order valence-electron chi connectivity index (χ0n) is 11.9. The largest absolute Gasteiger partial charge is 0.383 e. The molecule has 0 saturated carbocycles. The zero-order chi connectivity index (χ0) is 13.7. The number of anilines is 1. The predicted octanol–water partition coefficient (Wildman–Crippen LogP) is 3.50. The van der Waals surface area contributed by atoms with Gasteiger partial charge in [0.15, 0.2) is 0 Å². The molecule has 0 saturated heterocycles. The van der Waals surface area contributed by atoms with Crippen LogP contribution in [-0.4, -0.2) is 21.0 Å². The summed E-state index contributed by atoms with van der Waals surface area (Å²) in [5, 5.41) is 11.7. The van der Waals surface area contributed by atoms with E-state index in [9.17, 15) is 0 Å². The molecule has 102 valence electrons. The van der Waals surface area contributed by atoms with Crippen LogP contribution in [0.1, 0.15) is 33.6 Å². The number of hydrogen-bond donors (Lipinski definition) is 1. The van der Waals surface area contributed by atoms with Crippen LogP contribution in [0, 0.1) is 5.92 Å². The second-order valence-electron chi connectivity index (χ2n) is 5.38. The van der Waals surface area contributed by atoms with E-state index in [4.69, 9.17) is 0 Å². The van der Waals surface area contributed by atoms with E-state index in [2.05, 4.69) is 48.4 Å². The van der Waals surface area contributed by atoms with Crippen molar-refractivity contribution in [3.63, 3.8) is 0 Å². The molecule has 0 aliphatic rings. The highest BCUT2D eigenvalue weighted by Crippen LogP contribution is 2.15. The summed E-state index contributed by atoms with van der Waals surface area (Å²) in [5.41, 5.74) is 2.12. The van der Waals surface area contributed by atoms with Gasteiger partial charge in [-0.15, -0.1) is 0 Å². The van der Waals surface area contributed by atoms with E-state index in [0.29, 0.717) is 6.04 Å². The van der Waals surface area contributed by atoms with Crippen LogP contribution in [0.4, 0.5) is 5.69 Å². The molecule has 2 rings (SSSR count). The molecule has 1 unspecified atom stereocenters. The van der Waals surface area contributed by atoms with E-state index in [1.165, 1.54) is 12.8 Å². The number of aromatic nitrogens is 3. The van der Waals surface area contributed by atoms with Gasteiger partial charge in [-0.25, -0.2) is 0 Å². The second-order valence-corrected chi connectivity index (χ2v) is 5.38. The summed E-state index contributed by atoms with van der Waals surface area (Å²) in [5.74, 6) is 0.762. The topological polar surface area (TPSA) is 42.7 Å². The lowest BCUT2D eigenvalue weighted by molar-refractivity contribution is 0.528. The summed E-state index contributed by atoms with van der Waals surface area (Å²) in [6, 6.07) is 8.69. The molecule has 0 aliphatic carbocycles. The molecular weight excluding hydrogens is 236 g/mol. The van der Waals surface area contributed by atoms with E-state index in [1.807, 2.05) is 12.1 Å². The molecule has 4 heteroatoms. The SMILES string of the molecule is CC(C)CCC(C)Nc1ccc(-n2nccn2)cc1. The number of hydrogen-bond acceptors (Lipinski definition) is 3. The van der Waals surface area contributed by atoms with Gasteiger partial charge in [-0.1, -0.05) is 13.8 Å². The number of nitrogens with zero attached hydrogens (tertiary/aromatic N) is 3. The fraction of sp³-hybridized carbons (Fsp3) is 0.467. The summed E-state index contributed by atoms with van der Waals surface area (Å²) in [6.07, 6.45) is 5.81. The molecule has 1 N–H and O–H groups in total. The van der Waals surface area contributed by atoms with E-state index in [0.717, 1.165) is 17.3 Å². The molecule has 1 atom stereocenters. The minimum Gasteiger partial charge on any atom is -0.383 e. The van der Waals surface area contributed by atoms with Crippen LogP contribution < -0.4 is 5.32 Å². The molecule has 0 radical (unpaired) electrons. The fourth-order valence-corrected chi connectivity index (χ4v) is 1.98. The van der Waals surface area contributed by atoms with Crippen LogP contribution in [0.25, 0.3) is 5.69 Å². The lowest BCUT2D eigenvalue weighted by Gasteiger charge is -2.16. The van der Waals surface area contributed by atoms with Gasteiger partial charge in [-0.3, -0.25) is 0 Å². The minimum atomic E-state index is 0.496. The summed E-state index contributed by atoms with van der Waals surface area (Å²) >= 11 is 0. The van der Waals surface area contributed by atoms with Gasteiger partial charge < -0.3 is 5.32 Å². The maximum atomic E-state index is 4.11. The van der Waals surface area contributed by atoms with Crippen molar-refractivity contribution in [1.82, 2.24) is 15.0 Å². The van der Waals surface area contributed by atoms with Crippen molar-refractivity contribution in [2.24, 2.45) is 5.92 Å². The summed E-state index contributed by atoms with van der Waals surface area (Å²) in [7, 11) is 0. The van der Waals surface area contributed by atoms with E-state index in [1.54, 1.807) is 17.2 Å². The monoisotopic (exact) mass is 258 g/mol. The molecule has 1 aromatic heterocycles. The first-order valence-corrected chi connectivity index (χ1v) is 6.88. The minimum absolute atomic E-state index is 0.496. The molecule has 4 nitrogen and oxygen atoms in total. The van der Waals surface area contributed by atoms with E-state index in [-0.39, 0.29) is 0 Å². The summed E-state index contributed by atoms with van der Waals surface area (Å²) in [6.45, 7) is 6.75. The first-order chi connectivity index (χ1) is 9.15. The van der Waals surface area contributed by atoms with Crippen molar-refractivity contribution in [3.05, 3.63) is 36.7 Å². The highest BCUT2D eigenvalue weighted by Gasteiger charge is 2.04. The molecule has 19 heavy (non-hydrogen) atoms. The Hall–Kier alpha value is -1.84. The number of benzene rings is 1. The Morgan fingerprint density at radius 1 is 1.00 bits per heavy atom. The van der Waals surface area contributed by atoms with Gasteiger partial charge in [0, 0.05) is 11.7 Å². The van der Waals surface area contributed by atoms with Crippen molar-refractivity contribution >= 4 is 5.69 Å². The Morgan fingerprint density at radius 3 is 2.21 bits per heavy atom. The quantitative estimate of drug-likeness (QED) is 0.862. The molecular formula is C15H22N4. The Morgan fingerprint density at radius 2 is 1.63 bits per heavy atom. The van der Waals surface area contributed by atoms with Crippen molar-refractivity contribution in [2.45, 2.75) is 39.7 Å². The Labute approximate surface area is 114 Å². The van der Waals surface area contributed by atoms with Gasteiger partial charge in [-0.05, 0) is 49.9 Å². The Kier molecular flexibility index (Phi) is 4.55. The third-order valence-electron chi connectivity index (χ3n) is 3.11. The molecule has 2 aromatic rings. The van der Waals surface area contributed by atoms with Crippen LogP contribution in [0.2, 0.25) is 0 Å². The smallest absolute Gasteiger partial charge is 0.0858 e. The Bertz CT molecular complexity index is 473. The maximum absolute atomic E-state index is 4.11. The highest BCUT2D eigenvalue weighted by atomic mass is 15.5. The van der Waals surface area contributed by atoms with Gasteiger partial charge >= 0.3 is 0 Å². The molecule has 0 bridgehead atoms. The average Bonchev–Trinajstić information content (AvgIpc) is 2.91. The molecule has 0 fully saturated rings. The number of rotatable bonds is 6. The van der Waals surface area contributed by atoms with Gasteiger partial charge in [-0.2, -0.15) is 15.0 Å². The summed E-state index contributed by atoms with van der Waals surface area (Å²) < 4.78 is 0. The van der Waals surface area contributed by atoms with Crippen LogP contribution >= 0.6 is 0 Å². The van der Waals surface area contributed by atoms with Gasteiger partial charge in [0.25, 0.3) is 0 Å². The first-order valence-electron chi connectivity index (χ1n) is 6.88. The molecule has 0 spiro atoms. The molecule has 1 heterocycles. The molecule has 0 aliphatic heterocycles. The third kappa shape index (κ3) is 4.09.